The molecule has 0 atom stereocenters. The van der Waals surface area contributed by atoms with Crippen LogP contribution in [0.25, 0.3) is 5.69 Å². The normalized spacial score (nSPS) is 10.9. The lowest BCUT2D eigenvalue weighted by atomic mass is 10.1. The molecule has 0 bridgehead atoms. The second kappa shape index (κ2) is 4.72. The summed E-state index contributed by atoms with van der Waals surface area (Å²) in [4.78, 5) is 12.4. The first-order chi connectivity index (χ1) is 8.56. The minimum atomic E-state index is -0.00741. The zero-order valence-corrected chi connectivity index (χ0v) is 11.2. The van der Waals surface area contributed by atoms with Crippen molar-refractivity contribution in [2.75, 3.05) is 7.11 Å². The van der Waals surface area contributed by atoms with E-state index in [0.29, 0.717) is 5.75 Å². The zero-order valence-electron chi connectivity index (χ0n) is 11.2. The van der Waals surface area contributed by atoms with Crippen LogP contribution in [0.3, 0.4) is 0 Å². The Labute approximate surface area is 106 Å². The summed E-state index contributed by atoms with van der Waals surface area (Å²) in [5, 5.41) is 3.11. The van der Waals surface area contributed by atoms with Gasteiger partial charge in [0.15, 0.2) is 0 Å². The number of methoxy groups -OCH3 is 1. The Morgan fingerprint density at radius 3 is 2.50 bits per heavy atom. The smallest absolute Gasteiger partial charge is 0.275 e. The first-order valence-corrected chi connectivity index (χ1v) is 6.01. The van der Waals surface area contributed by atoms with E-state index in [2.05, 4.69) is 5.10 Å². The van der Waals surface area contributed by atoms with Crippen LogP contribution >= 0.6 is 0 Å². The summed E-state index contributed by atoms with van der Waals surface area (Å²) >= 11 is 0. The van der Waals surface area contributed by atoms with Crippen LogP contribution in [0.5, 0.6) is 5.75 Å². The third-order valence-corrected chi connectivity index (χ3v) is 3.02. The van der Waals surface area contributed by atoms with Crippen molar-refractivity contribution in [3.63, 3.8) is 0 Å². The van der Waals surface area contributed by atoms with E-state index in [1.54, 1.807) is 11.8 Å². The first kappa shape index (κ1) is 12.5. The van der Waals surface area contributed by atoms with E-state index < -0.39 is 0 Å². The fraction of sp³-hybridized carbons (Fsp3) is 0.357. The molecule has 0 fully saturated rings. The third kappa shape index (κ3) is 1.94. The highest BCUT2D eigenvalue weighted by molar-refractivity contribution is 5.46. The number of aryl methyl sites for hydroxylation is 1. The second-order valence-corrected chi connectivity index (χ2v) is 4.62. The van der Waals surface area contributed by atoms with Crippen LogP contribution in [0, 0.1) is 6.92 Å². The van der Waals surface area contributed by atoms with Crippen LogP contribution in [0.4, 0.5) is 0 Å². The molecule has 0 saturated heterocycles. The summed E-state index contributed by atoms with van der Waals surface area (Å²) in [6.07, 6.45) is 0. The Balaban J connectivity index is 2.66. The topological polar surface area (TPSA) is 47.0 Å². The summed E-state index contributed by atoms with van der Waals surface area (Å²) in [7, 11) is 1.60. The van der Waals surface area contributed by atoms with Gasteiger partial charge in [0, 0.05) is 11.3 Å². The lowest BCUT2D eigenvalue weighted by Gasteiger charge is -2.07. The van der Waals surface area contributed by atoms with Crippen molar-refractivity contribution >= 4 is 0 Å². The number of H-pyrrole nitrogens is 1. The molecule has 0 saturated carbocycles. The van der Waals surface area contributed by atoms with Crippen LogP contribution in [-0.2, 0) is 0 Å². The van der Waals surface area contributed by atoms with E-state index in [0.717, 1.165) is 16.9 Å². The van der Waals surface area contributed by atoms with Gasteiger partial charge in [-0.1, -0.05) is 26.0 Å². The Hall–Kier alpha value is -1.97. The average Bonchev–Trinajstić information content (AvgIpc) is 2.64. The van der Waals surface area contributed by atoms with Gasteiger partial charge in [0.05, 0.1) is 7.11 Å². The van der Waals surface area contributed by atoms with E-state index in [-0.39, 0.29) is 11.5 Å². The molecule has 0 radical (unpaired) electrons. The fourth-order valence-corrected chi connectivity index (χ4v) is 2.22. The molecule has 18 heavy (non-hydrogen) atoms. The van der Waals surface area contributed by atoms with Crippen molar-refractivity contribution in [2.24, 2.45) is 0 Å². The van der Waals surface area contributed by atoms with Crippen LogP contribution in [0.15, 0.2) is 29.1 Å². The number of aromatic amines is 1. The molecule has 0 aliphatic heterocycles. The Bertz CT molecular complexity index is 608. The number of benzene rings is 1. The summed E-state index contributed by atoms with van der Waals surface area (Å²) in [6, 6.07) is 7.47. The number of para-hydroxylation sites is 2. The van der Waals surface area contributed by atoms with Crippen LogP contribution < -0.4 is 10.3 Å². The highest BCUT2D eigenvalue weighted by atomic mass is 16.5. The maximum absolute atomic E-state index is 12.4. The molecular weight excluding hydrogens is 228 g/mol. The van der Waals surface area contributed by atoms with E-state index >= 15 is 0 Å². The number of aromatic nitrogens is 2. The molecule has 0 amide bonds. The summed E-state index contributed by atoms with van der Waals surface area (Å²) < 4.78 is 6.83. The van der Waals surface area contributed by atoms with Gasteiger partial charge in [-0.25, -0.2) is 4.68 Å². The van der Waals surface area contributed by atoms with Crippen molar-refractivity contribution < 1.29 is 4.74 Å². The van der Waals surface area contributed by atoms with Crippen molar-refractivity contribution in [3.8, 4) is 11.4 Å². The van der Waals surface area contributed by atoms with Gasteiger partial charge in [-0.2, -0.15) is 0 Å². The van der Waals surface area contributed by atoms with Crippen molar-refractivity contribution in [2.45, 2.75) is 26.7 Å². The monoisotopic (exact) mass is 246 g/mol. The zero-order chi connectivity index (χ0) is 13.3. The minimum absolute atomic E-state index is 0.00741. The fourth-order valence-electron chi connectivity index (χ4n) is 2.22. The molecule has 1 aromatic heterocycles. The summed E-state index contributed by atoms with van der Waals surface area (Å²) in [6.45, 7) is 5.96. The molecular formula is C14H18N2O2. The van der Waals surface area contributed by atoms with E-state index in [1.165, 1.54) is 0 Å². The van der Waals surface area contributed by atoms with Gasteiger partial charge in [0.25, 0.3) is 5.56 Å². The first-order valence-electron chi connectivity index (χ1n) is 6.01. The van der Waals surface area contributed by atoms with Gasteiger partial charge in [-0.3, -0.25) is 9.89 Å². The Morgan fingerprint density at radius 1 is 1.28 bits per heavy atom. The van der Waals surface area contributed by atoms with Crippen molar-refractivity contribution in [3.05, 3.63) is 45.9 Å². The molecule has 1 aromatic carbocycles. The predicted octanol–water partition coefficient (Wildman–Crippen LogP) is 2.61. The van der Waals surface area contributed by atoms with Gasteiger partial charge in [0.2, 0.25) is 0 Å². The average molecular weight is 246 g/mol. The van der Waals surface area contributed by atoms with Crippen molar-refractivity contribution in [1.82, 2.24) is 9.78 Å². The SMILES string of the molecule is COc1ccccc1-n1[nH]c(C)c(C(C)C)c1=O. The summed E-state index contributed by atoms with van der Waals surface area (Å²) in [5.41, 5.74) is 2.45. The number of nitrogens with zero attached hydrogens (tertiary/aromatic N) is 1. The lowest BCUT2D eigenvalue weighted by molar-refractivity contribution is 0.411. The number of nitrogens with one attached hydrogen (secondary N) is 1. The van der Waals surface area contributed by atoms with E-state index in [1.807, 2.05) is 45.0 Å². The number of hydrogen-bond acceptors (Lipinski definition) is 2. The quantitative estimate of drug-likeness (QED) is 0.904. The molecule has 0 aliphatic rings. The maximum Gasteiger partial charge on any atom is 0.275 e. The molecule has 0 spiro atoms. The van der Waals surface area contributed by atoms with Crippen LogP contribution in [0.2, 0.25) is 0 Å². The summed E-state index contributed by atoms with van der Waals surface area (Å²) in [5.74, 6) is 0.876. The van der Waals surface area contributed by atoms with Crippen LogP contribution in [0.1, 0.15) is 31.0 Å². The molecule has 4 heteroatoms. The van der Waals surface area contributed by atoms with Gasteiger partial charge < -0.3 is 4.74 Å². The van der Waals surface area contributed by atoms with Gasteiger partial charge >= 0.3 is 0 Å². The number of ether oxygens (including phenoxy) is 1. The highest BCUT2D eigenvalue weighted by Crippen LogP contribution is 2.22. The minimum Gasteiger partial charge on any atom is -0.494 e. The van der Waals surface area contributed by atoms with Crippen molar-refractivity contribution in [1.29, 1.82) is 0 Å². The number of rotatable bonds is 3. The van der Waals surface area contributed by atoms with Gasteiger partial charge in [-0.15, -0.1) is 0 Å². The standard InChI is InChI=1S/C14H18N2O2/c1-9(2)13-10(3)15-16(14(13)17)11-7-5-6-8-12(11)18-4/h5-9,15H,1-4H3. The van der Waals surface area contributed by atoms with Gasteiger partial charge in [0.1, 0.15) is 11.4 Å². The molecule has 0 unspecified atom stereocenters. The molecule has 2 rings (SSSR count). The van der Waals surface area contributed by atoms with Gasteiger partial charge in [-0.05, 0) is 25.0 Å². The Kier molecular flexibility index (Phi) is 3.28. The van der Waals surface area contributed by atoms with Crippen LogP contribution in [-0.4, -0.2) is 16.9 Å². The molecule has 96 valence electrons. The second-order valence-electron chi connectivity index (χ2n) is 4.62. The largest absolute Gasteiger partial charge is 0.494 e. The predicted molar refractivity (Wildman–Crippen MR) is 71.8 cm³/mol. The molecule has 4 nitrogen and oxygen atoms in total. The molecule has 2 aromatic rings. The highest BCUT2D eigenvalue weighted by Gasteiger charge is 2.16. The molecule has 0 aliphatic carbocycles. The molecule has 1 heterocycles. The maximum atomic E-state index is 12.4. The Morgan fingerprint density at radius 2 is 1.94 bits per heavy atom. The lowest BCUT2D eigenvalue weighted by Crippen LogP contribution is -2.18. The number of hydrogen-bond donors (Lipinski definition) is 1. The van der Waals surface area contributed by atoms with E-state index in [4.69, 9.17) is 4.74 Å². The third-order valence-electron chi connectivity index (χ3n) is 3.02. The van der Waals surface area contributed by atoms with E-state index in [9.17, 15) is 4.79 Å². The molecule has 1 N–H and O–H groups in total.